The molecule has 0 spiro atoms. The molecule has 7 heteroatoms. The molecule has 0 aliphatic heterocycles. The van der Waals surface area contributed by atoms with E-state index >= 15 is 0 Å². The highest BCUT2D eigenvalue weighted by Gasteiger charge is 2.28. The summed E-state index contributed by atoms with van der Waals surface area (Å²) in [5.41, 5.74) is 4.72. The quantitative estimate of drug-likeness (QED) is 0.509. The molecule has 0 aromatic heterocycles. The van der Waals surface area contributed by atoms with E-state index in [1.807, 2.05) is 37.1 Å². The molecule has 3 rings (SSSR count). The van der Waals surface area contributed by atoms with Crippen LogP contribution >= 0.6 is 0 Å². The number of rotatable bonds is 9. The Bertz CT molecular complexity index is 1020. The Morgan fingerprint density at radius 3 is 2.27 bits per heavy atom. The molecule has 1 aliphatic rings. The van der Waals surface area contributed by atoms with Gasteiger partial charge in [-0.05, 0) is 41.0 Å². The summed E-state index contributed by atoms with van der Waals surface area (Å²) in [6.45, 7) is 2.77. The Morgan fingerprint density at radius 1 is 1.00 bits per heavy atom. The second-order valence-electron chi connectivity index (χ2n) is 8.07. The van der Waals surface area contributed by atoms with Gasteiger partial charge in [-0.25, -0.2) is 9.59 Å². The fourth-order valence-electron chi connectivity index (χ4n) is 3.94. The summed E-state index contributed by atoms with van der Waals surface area (Å²) < 4.78 is 5.52. The van der Waals surface area contributed by atoms with Gasteiger partial charge in [0.05, 0.1) is 6.54 Å². The fraction of sp³-hybridized carbons (Fsp3) is 0.346. The lowest BCUT2D eigenvalue weighted by Crippen LogP contribution is -2.28. The van der Waals surface area contributed by atoms with E-state index in [4.69, 9.17) is 9.84 Å². The van der Waals surface area contributed by atoms with E-state index < -0.39 is 12.1 Å². The zero-order valence-corrected chi connectivity index (χ0v) is 18.6. The fourth-order valence-corrected chi connectivity index (χ4v) is 3.94. The normalized spacial score (nSPS) is 12.5. The second-order valence-corrected chi connectivity index (χ2v) is 8.07. The van der Waals surface area contributed by atoms with Gasteiger partial charge in [0.15, 0.2) is 0 Å². The van der Waals surface area contributed by atoms with Crippen molar-refractivity contribution in [3.63, 3.8) is 0 Å². The van der Waals surface area contributed by atoms with Crippen molar-refractivity contribution >= 4 is 18.0 Å². The van der Waals surface area contributed by atoms with Gasteiger partial charge < -0.3 is 20.5 Å². The maximum Gasteiger partial charge on any atom is 0.407 e. The standard InChI is InChI=1S/C26H28N2O5/c1-18(12-13-24(29)27-15-6-11-25(30)31)14-16-28-26(32)33-17-23-21-9-4-2-7-19(21)20-8-3-5-10-22(20)23/h2-5,7-10,18,23H,12-17H2,1H3,(H,27,29)(H,28,32)(H,30,31). The number of ether oxygens (including phenoxy) is 1. The van der Waals surface area contributed by atoms with Gasteiger partial charge in [0.2, 0.25) is 5.91 Å². The second kappa shape index (κ2) is 11.7. The largest absolute Gasteiger partial charge is 0.472 e. The van der Waals surface area contributed by atoms with Gasteiger partial charge in [-0.1, -0.05) is 61.4 Å². The predicted molar refractivity (Wildman–Crippen MR) is 125 cm³/mol. The summed E-state index contributed by atoms with van der Waals surface area (Å²) >= 11 is 0. The minimum Gasteiger partial charge on any atom is -0.472 e. The van der Waals surface area contributed by atoms with Crippen LogP contribution in [0, 0.1) is 17.8 Å². The van der Waals surface area contributed by atoms with Gasteiger partial charge in [0, 0.05) is 24.8 Å². The van der Waals surface area contributed by atoms with Crippen molar-refractivity contribution in [1.82, 2.24) is 10.6 Å². The number of carboxylic acid groups (broad SMARTS) is 1. The number of alkyl carbamates (subject to hydrolysis) is 1. The van der Waals surface area contributed by atoms with Crippen molar-refractivity contribution in [3.05, 3.63) is 59.7 Å². The average molecular weight is 449 g/mol. The zero-order chi connectivity index (χ0) is 23.6. The summed E-state index contributed by atoms with van der Waals surface area (Å²) in [6, 6.07) is 16.4. The highest BCUT2D eigenvalue weighted by molar-refractivity contribution is 5.86. The van der Waals surface area contributed by atoms with Gasteiger partial charge >= 0.3 is 12.1 Å². The monoisotopic (exact) mass is 448 g/mol. The lowest BCUT2D eigenvalue weighted by Gasteiger charge is -2.15. The molecule has 0 bridgehead atoms. The topological polar surface area (TPSA) is 105 Å². The van der Waals surface area contributed by atoms with E-state index in [9.17, 15) is 14.4 Å². The molecule has 1 atom stereocenters. The number of hydrogen-bond donors (Lipinski definition) is 3. The molecule has 33 heavy (non-hydrogen) atoms. The molecule has 0 heterocycles. The van der Waals surface area contributed by atoms with Crippen LogP contribution in [0.5, 0.6) is 0 Å². The molecular formula is C26H28N2O5. The first kappa shape index (κ1) is 23.9. The Labute approximate surface area is 193 Å². The van der Waals surface area contributed by atoms with Crippen molar-refractivity contribution in [1.29, 1.82) is 0 Å². The average Bonchev–Trinajstić information content (AvgIpc) is 3.13. The van der Waals surface area contributed by atoms with E-state index in [1.165, 1.54) is 22.3 Å². The van der Waals surface area contributed by atoms with Gasteiger partial charge in [-0.2, -0.15) is 0 Å². The lowest BCUT2D eigenvalue weighted by molar-refractivity contribution is -0.130. The highest BCUT2D eigenvalue weighted by atomic mass is 16.5. The third kappa shape index (κ3) is 6.84. The number of carbonyl (C=O) groups is 3. The summed E-state index contributed by atoms with van der Waals surface area (Å²) in [5.74, 6) is 3.16. The van der Waals surface area contributed by atoms with Crippen LogP contribution in [0.3, 0.4) is 0 Å². The minimum atomic E-state index is -1.22. The molecule has 172 valence electrons. The number of hydrogen-bond acceptors (Lipinski definition) is 4. The van der Waals surface area contributed by atoms with Crippen LogP contribution in [-0.2, 0) is 14.3 Å². The highest BCUT2D eigenvalue weighted by Crippen LogP contribution is 2.44. The van der Waals surface area contributed by atoms with Crippen LogP contribution in [0.25, 0.3) is 11.1 Å². The van der Waals surface area contributed by atoms with Gasteiger partial charge in [0.1, 0.15) is 6.61 Å². The SMILES string of the molecule is CC(CCNC(=O)OCC1c2ccccc2-c2ccccc21)CCC(=O)NCC#CC(=O)O. The van der Waals surface area contributed by atoms with Crippen LogP contribution < -0.4 is 10.6 Å². The molecule has 3 N–H and O–H groups in total. The van der Waals surface area contributed by atoms with Crippen LogP contribution in [0.15, 0.2) is 48.5 Å². The maximum atomic E-state index is 12.2. The van der Waals surface area contributed by atoms with Crippen molar-refractivity contribution in [2.45, 2.75) is 32.1 Å². The third-order valence-electron chi connectivity index (χ3n) is 5.68. The zero-order valence-electron chi connectivity index (χ0n) is 18.6. The summed E-state index contributed by atoms with van der Waals surface area (Å²) in [6.07, 6.45) is 1.25. The number of benzene rings is 2. The van der Waals surface area contributed by atoms with Crippen LogP contribution in [0.1, 0.15) is 43.2 Å². The van der Waals surface area contributed by atoms with Crippen molar-refractivity contribution in [2.24, 2.45) is 5.92 Å². The Morgan fingerprint density at radius 2 is 1.64 bits per heavy atom. The lowest BCUT2D eigenvalue weighted by atomic mass is 9.98. The molecule has 7 nitrogen and oxygen atoms in total. The van der Waals surface area contributed by atoms with E-state index in [1.54, 1.807) is 0 Å². The Hall–Kier alpha value is -3.79. The Balaban J connectivity index is 1.36. The summed E-state index contributed by atoms with van der Waals surface area (Å²) in [4.78, 5) is 34.2. The molecular weight excluding hydrogens is 420 g/mol. The van der Waals surface area contributed by atoms with Gasteiger partial charge in [-0.15, -0.1) is 0 Å². The van der Waals surface area contributed by atoms with E-state index in [0.29, 0.717) is 19.4 Å². The first-order valence-electron chi connectivity index (χ1n) is 11.0. The molecule has 2 aromatic carbocycles. The molecule has 1 aliphatic carbocycles. The van der Waals surface area contributed by atoms with Crippen molar-refractivity contribution in [3.8, 4) is 23.0 Å². The van der Waals surface area contributed by atoms with Crippen LogP contribution in [0.2, 0.25) is 0 Å². The van der Waals surface area contributed by atoms with Crippen LogP contribution in [-0.4, -0.2) is 42.8 Å². The summed E-state index contributed by atoms with van der Waals surface area (Å²) in [7, 11) is 0. The maximum absolute atomic E-state index is 12.2. The number of amides is 2. The first-order valence-corrected chi connectivity index (χ1v) is 11.0. The van der Waals surface area contributed by atoms with E-state index in [0.717, 1.165) is 6.42 Å². The first-order chi connectivity index (χ1) is 16.0. The molecule has 0 saturated heterocycles. The molecule has 1 unspecified atom stereocenters. The van der Waals surface area contributed by atoms with E-state index in [2.05, 4.69) is 40.8 Å². The molecule has 0 radical (unpaired) electrons. The van der Waals surface area contributed by atoms with E-state index in [-0.39, 0.29) is 30.9 Å². The predicted octanol–water partition coefficient (Wildman–Crippen LogP) is 3.54. The van der Waals surface area contributed by atoms with Gasteiger partial charge in [-0.3, -0.25) is 4.79 Å². The van der Waals surface area contributed by atoms with Gasteiger partial charge in [0.25, 0.3) is 0 Å². The smallest absolute Gasteiger partial charge is 0.407 e. The minimum absolute atomic E-state index is 0.0167. The molecule has 0 fully saturated rings. The number of fused-ring (bicyclic) bond motifs is 3. The summed E-state index contributed by atoms with van der Waals surface area (Å²) in [5, 5.41) is 13.8. The molecule has 2 amide bonds. The number of aliphatic carboxylic acids is 1. The number of nitrogens with one attached hydrogen (secondary N) is 2. The molecule has 2 aromatic rings. The van der Waals surface area contributed by atoms with Crippen molar-refractivity contribution in [2.75, 3.05) is 19.7 Å². The Kier molecular flexibility index (Phi) is 8.48. The van der Waals surface area contributed by atoms with Crippen LogP contribution in [0.4, 0.5) is 4.79 Å². The third-order valence-corrected chi connectivity index (χ3v) is 5.68. The number of carbonyl (C=O) groups excluding carboxylic acids is 2. The number of carboxylic acids is 1. The van der Waals surface area contributed by atoms with Crippen molar-refractivity contribution < 1.29 is 24.2 Å². The molecule has 0 saturated carbocycles.